The third-order valence-corrected chi connectivity index (χ3v) is 9.06. The Kier molecular flexibility index (Phi) is 5.69. The second-order valence-electron chi connectivity index (χ2n) is 11.4. The third kappa shape index (κ3) is 3.73. The van der Waals surface area contributed by atoms with Crippen LogP contribution < -0.4 is 9.64 Å². The van der Waals surface area contributed by atoms with Crippen LogP contribution in [0.5, 0.6) is 11.5 Å². The van der Waals surface area contributed by atoms with E-state index in [1.807, 2.05) is 6.08 Å². The smallest absolute Gasteiger partial charge is 0.335 e. The minimum atomic E-state index is -1.17. The van der Waals surface area contributed by atoms with E-state index in [2.05, 4.69) is 0 Å². The molecule has 0 spiro atoms. The second kappa shape index (κ2) is 9.24. The molecule has 0 saturated carbocycles. The van der Waals surface area contributed by atoms with Gasteiger partial charge < -0.3 is 14.9 Å². The van der Waals surface area contributed by atoms with Crippen molar-refractivity contribution in [3.8, 4) is 11.5 Å². The molecule has 2 aromatic rings. The molecule has 9 heteroatoms. The number of phenolic OH excluding ortho intramolecular Hbond substituents is 1. The number of hydrogen-bond acceptors (Lipinski definition) is 7. The lowest BCUT2D eigenvalue weighted by atomic mass is 9.58. The molecule has 3 aliphatic carbocycles. The van der Waals surface area contributed by atoms with Crippen LogP contribution in [0.15, 0.2) is 88.7 Å². The Morgan fingerprint density at radius 2 is 1.83 bits per heavy atom. The van der Waals surface area contributed by atoms with Crippen molar-refractivity contribution < 1.29 is 38.9 Å². The van der Waals surface area contributed by atoms with Crippen molar-refractivity contribution in [2.45, 2.75) is 26.2 Å². The largest absolute Gasteiger partial charge is 0.508 e. The van der Waals surface area contributed by atoms with E-state index in [0.29, 0.717) is 34.5 Å². The summed E-state index contributed by atoms with van der Waals surface area (Å²) in [6.45, 7) is 1.61. The first-order valence-corrected chi connectivity index (χ1v) is 13.7. The number of benzene rings is 2. The van der Waals surface area contributed by atoms with Crippen LogP contribution in [-0.4, -0.2) is 39.6 Å². The number of anilines is 1. The Balaban J connectivity index is 1.32. The number of ketones is 2. The standard InChI is InChI=1S/C33H25NO8/c1-15-9-25(36)24-13-23-21(27(29(24)30(15)37)18-10-17-12-20(35)5-8-26(17)42-14-18)6-7-22-28(23)32(39)34(31(22)38)19-4-2-3-16(11-19)33(40)41/h2-6,8-9,11-12,14,22-23,27-28,35H,7,10,13H2,1H3,(H,40,41)/t22-,23+,27-,28-/m0/s1. The molecule has 1 fully saturated rings. The lowest BCUT2D eigenvalue weighted by Gasteiger charge is -2.43. The first-order chi connectivity index (χ1) is 20.1. The molecule has 0 aromatic heterocycles. The van der Waals surface area contributed by atoms with Gasteiger partial charge in [0.05, 0.1) is 29.3 Å². The van der Waals surface area contributed by atoms with Crippen LogP contribution in [0.2, 0.25) is 0 Å². The number of aromatic carboxylic acids is 1. The van der Waals surface area contributed by atoms with Crippen LogP contribution in [0.25, 0.3) is 0 Å². The van der Waals surface area contributed by atoms with Crippen molar-refractivity contribution in [3.05, 3.63) is 99.9 Å². The van der Waals surface area contributed by atoms with Crippen molar-refractivity contribution in [2.75, 3.05) is 4.90 Å². The van der Waals surface area contributed by atoms with Crippen molar-refractivity contribution in [1.82, 2.24) is 0 Å². The van der Waals surface area contributed by atoms with Gasteiger partial charge in [0.25, 0.3) is 0 Å². The number of carbonyl (C=O) groups excluding carboxylic acids is 4. The van der Waals surface area contributed by atoms with Gasteiger partial charge in [-0.3, -0.25) is 24.1 Å². The average Bonchev–Trinajstić information content (AvgIpc) is 3.24. The molecule has 9 nitrogen and oxygen atoms in total. The normalized spacial score (nSPS) is 26.4. The minimum absolute atomic E-state index is 0.0432. The molecule has 5 aliphatic rings. The molecule has 2 aromatic carbocycles. The predicted octanol–water partition coefficient (Wildman–Crippen LogP) is 4.08. The molecule has 210 valence electrons. The molecule has 42 heavy (non-hydrogen) atoms. The Morgan fingerprint density at radius 1 is 1.02 bits per heavy atom. The fourth-order valence-corrected chi connectivity index (χ4v) is 7.20. The first kappa shape index (κ1) is 25.9. The van der Waals surface area contributed by atoms with E-state index < -0.39 is 41.5 Å². The van der Waals surface area contributed by atoms with E-state index in [4.69, 9.17) is 4.74 Å². The number of allylic oxidation sites excluding steroid dienone is 7. The molecular formula is C33H25NO8. The van der Waals surface area contributed by atoms with Crippen LogP contribution in [0.3, 0.4) is 0 Å². The van der Waals surface area contributed by atoms with Gasteiger partial charge in [0, 0.05) is 34.6 Å². The topological polar surface area (TPSA) is 138 Å². The number of imide groups is 1. The molecule has 0 radical (unpaired) electrons. The van der Waals surface area contributed by atoms with Gasteiger partial charge in [-0.05, 0) is 73.7 Å². The summed E-state index contributed by atoms with van der Waals surface area (Å²) >= 11 is 0. The van der Waals surface area contributed by atoms with E-state index in [0.717, 1.165) is 16.0 Å². The summed E-state index contributed by atoms with van der Waals surface area (Å²) in [6, 6.07) is 10.5. The summed E-state index contributed by atoms with van der Waals surface area (Å²) < 4.78 is 5.91. The van der Waals surface area contributed by atoms with Crippen LogP contribution in [0, 0.1) is 23.7 Å². The average molecular weight is 564 g/mol. The first-order valence-electron chi connectivity index (χ1n) is 13.7. The highest BCUT2D eigenvalue weighted by molar-refractivity contribution is 6.25. The molecule has 2 amide bonds. The SMILES string of the molecule is CC1=CC(=O)C2=C(C1=O)[C@@H](C1=COc3ccc(O)cc3C1)C1=CC[C@@H]3C(=O)N(c4cccc(C(=O)O)c4)C(=O)[C@@H]3[C@@H]1C2. The fraction of sp³-hybridized carbons (Fsp3) is 0.242. The lowest BCUT2D eigenvalue weighted by Crippen LogP contribution is -2.41. The van der Waals surface area contributed by atoms with E-state index in [1.165, 1.54) is 36.4 Å². The molecule has 2 N–H and O–H groups in total. The Bertz CT molecular complexity index is 1790. The number of carbonyl (C=O) groups is 5. The molecule has 2 aliphatic heterocycles. The highest BCUT2D eigenvalue weighted by Crippen LogP contribution is 2.55. The van der Waals surface area contributed by atoms with Crippen LogP contribution in [0.4, 0.5) is 5.69 Å². The van der Waals surface area contributed by atoms with Crippen molar-refractivity contribution in [3.63, 3.8) is 0 Å². The maximum Gasteiger partial charge on any atom is 0.335 e. The number of carboxylic acid groups (broad SMARTS) is 1. The zero-order valence-electron chi connectivity index (χ0n) is 22.5. The van der Waals surface area contributed by atoms with E-state index in [9.17, 15) is 34.2 Å². The number of nitrogens with zero attached hydrogens (tertiary/aromatic N) is 1. The molecule has 7 rings (SSSR count). The van der Waals surface area contributed by atoms with E-state index in [-0.39, 0.29) is 41.4 Å². The third-order valence-electron chi connectivity index (χ3n) is 9.06. The molecule has 2 heterocycles. The Labute approximate surface area is 240 Å². The second-order valence-corrected chi connectivity index (χ2v) is 11.4. The van der Waals surface area contributed by atoms with Gasteiger partial charge in [-0.1, -0.05) is 17.7 Å². The molecule has 1 saturated heterocycles. The van der Waals surface area contributed by atoms with Crippen LogP contribution >= 0.6 is 0 Å². The maximum atomic E-state index is 14.0. The fourth-order valence-electron chi connectivity index (χ4n) is 7.20. The number of ether oxygens (including phenoxy) is 1. The maximum absolute atomic E-state index is 14.0. The van der Waals surface area contributed by atoms with Gasteiger partial charge in [-0.25, -0.2) is 4.79 Å². The van der Waals surface area contributed by atoms with Gasteiger partial charge in [0.2, 0.25) is 11.8 Å². The van der Waals surface area contributed by atoms with Gasteiger partial charge in [0.15, 0.2) is 11.6 Å². The lowest BCUT2D eigenvalue weighted by molar-refractivity contribution is -0.123. The molecular weight excluding hydrogens is 538 g/mol. The van der Waals surface area contributed by atoms with Gasteiger partial charge in [-0.2, -0.15) is 0 Å². The number of rotatable bonds is 3. The monoisotopic (exact) mass is 563 g/mol. The van der Waals surface area contributed by atoms with Crippen molar-refractivity contribution in [2.24, 2.45) is 23.7 Å². The van der Waals surface area contributed by atoms with Gasteiger partial charge in [-0.15, -0.1) is 0 Å². The number of fused-ring (bicyclic) bond motifs is 4. The molecule has 4 atom stereocenters. The summed E-state index contributed by atoms with van der Waals surface area (Å²) in [4.78, 5) is 67.2. The van der Waals surface area contributed by atoms with Crippen LogP contribution in [-0.2, 0) is 25.6 Å². The van der Waals surface area contributed by atoms with E-state index in [1.54, 1.807) is 25.3 Å². The summed E-state index contributed by atoms with van der Waals surface area (Å²) in [5.74, 6) is -4.52. The number of hydrogen-bond donors (Lipinski definition) is 2. The summed E-state index contributed by atoms with van der Waals surface area (Å²) in [6.07, 6.45) is 5.60. The Hall–Kier alpha value is -5.05. The van der Waals surface area contributed by atoms with Crippen molar-refractivity contribution >= 4 is 35.0 Å². The van der Waals surface area contributed by atoms with Crippen LogP contribution in [0.1, 0.15) is 35.7 Å². The quantitative estimate of drug-likeness (QED) is 0.324. The van der Waals surface area contributed by atoms with Gasteiger partial charge >= 0.3 is 5.97 Å². The number of aromatic hydroxyl groups is 1. The highest BCUT2D eigenvalue weighted by Gasteiger charge is 2.57. The zero-order valence-corrected chi connectivity index (χ0v) is 22.5. The van der Waals surface area contributed by atoms with E-state index >= 15 is 0 Å². The van der Waals surface area contributed by atoms with Crippen molar-refractivity contribution in [1.29, 1.82) is 0 Å². The highest BCUT2D eigenvalue weighted by atomic mass is 16.5. The zero-order chi connectivity index (χ0) is 29.4. The Morgan fingerprint density at radius 3 is 2.62 bits per heavy atom. The summed E-state index contributed by atoms with van der Waals surface area (Å²) in [5.41, 5.74) is 3.44. The predicted molar refractivity (Wildman–Crippen MR) is 148 cm³/mol. The summed E-state index contributed by atoms with van der Waals surface area (Å²) in [7, 11) is 0. The number of phenols is 1. The number of amides is 2. The summed E-state index contributed by atoms with van der Waals surface area (Å²) in [5, 5.41) is 19.5. The minimum Gasteiger partial charge on any atom is -0.508 e. The molecule has 0 unspecified atom stereocenters. The van der Waals surface area contributed by atoms with Gasteiger partial charge in [0.1, 0.15) is 11.5 Å². The number of carboxylic acids is 1. The molecule has 0 bridgehead atoms. The number of Topliss-reactive ketones (excluding diaryl/α,β-unsaturated/α-hetero) is 1.